The Hall–Kier alpha value is -1.21. The molecule has 5 nitrogen and oxygen atoms in total. The number of aryl methyl sites for hydroxylation is 2. The maximum absolute atomic E-state index is 12.1. The minimum absolute atomic E-state index is 0.0843. The van der Waals surface area contributed by atoms with E-state index in [1.807, 2.05) is 12.3 Å². The molecule has 0 bridgehead atoms. The molecule has 0 aliphatic rings. The lowest BCUT2D eigenvalue weighted by molar-refractivity contribution is 0.588. The van der Waals surface area contributed by atoms with E-state index in [4.69, 9.17) is 0 Å². The topological polar surface area (TPSA) is 69.0 Å². The summed E-state index contributed by atoms with van der Waals surface area (Å²) < 4.78 is 24.2. The molecule has 98 valence electrons. The van der Waals surface area contributed by atoms with Crippen LogP contribution in [0.15, 0.2) is 16.5 Å². The fraction of sp³-hybridized carbons (Fsp3) is 0.455. The molecule has 0 fully saturated rings. The van der Waals surface area contributed by atoms with Gasteiger partial charge in [0.15, 0.2) is 0 Å². The third kappa shape index (κ3) is 2.78. The molecule has 0 N–H and O–H groups in total. The van der Waals surface area contributed by atoms with Gasteiger partial charge in [0, 0.05) is 12.8 Å². The number of thiophene rings is 1. The van der Waals surface area contributed by atoms with Gasteiger partial charge in [0.05, 0.1) is 17.6 Å². The van der Waals surface area contributed by atoms with Crippen LogP contribution in [0.1, 0.15) is 12.0 Å². The molecule has 2 rings (SSSR count). The summed E-state index contributed by atoms with van der Waals surface area (Å²) in [5, 5.41) is 1.90. The Kier molecular flexibility index (Phi) is 3.54. The first-order chi connectivity index (χ1) is 8.38. The standard InChI is InChI=1S/C11H14N2O3S2/c1-8-6-17-10-9(8)12-7-13(11(10)14)4-3-5-18(2,15)16/h6-7H,3-5H2,1-2H3. The van der Waals surface area contributed by atoms with Crippen LogP contribution in [0, 0.1) is 6.92 Å². The van der Waals surface area contributed by atoms with Crippen LogP contribution in [-0.4, -0.2) is 30.0 Å². The summed E-state index contributed by atoms with van der Waals surface area (Å²) in [6.07, 6.45) is 3.11. The van der Waals surface area contributed by atoms with Crippen LogP contribution in [0.5, 0.6) is 0 Å². The average Bonchev–Trinajstić information content (AvgIpc) is 2.63. The van der Waals surface area contributed by atoms with Crippen molar-refractivity contribution in [1.82, 2.24) is 9.55 Å². The van der Waals surface area contributed by atoms with Crippen LogP contribution in [0.2, 0.25) is 0 Å². The zero-order chi connectivity index (χ0) is 13.3. The smallest absolute Gasteiger partial charge is 0.271 e. The summed E-state index contributed by atoms with van der Waals surface area (Å²) >= 11 is 1.38. The lowest BCUT2D eigenvalue weighted by Gasteiger charge is -2.04. The molecule has 2 heterocycles. The van der Waals surface area contributed by atoms with Crippen LogP contribution < -0.4 is 5.56 Å². The summed E-state index contributed by atoms with van der Waals surface area (Å²) in [5.41, 5.74) is 1.64. The SMILES string of the molecule is Cc1csc2c(=O)n(CCCS(C)(=O)=O)cnc12. The van der Waals surface area contributed by atoms with Gasteiger partial charge < -0.3 is 0 Å². The molecule has 0 amide bonds. The van der Waals surface area contributed by atoms with Gasteiger partial charge in [-0.1, -0.05) is 0 Å². The van der Waals surface area contributed by atoms with Gasteiger partial charge in [-0.25, -0.2) is 13.4 Å². The van der Waals surface area contributed by atoms with Crippen molar-refractivity contribution in [2.24, 2.45) is 0 Å². The molecule has 0 spiro atoms. The molecule has 7 heteroatoms. The van der Waals surface area contributed by atoms with E-state index in [1.54, 1.807) is 0 Å². The first-order valence-electron chi connectivity index (χ1n) is 5.49. The van der Waals surface area contributed by atoms with Crippen molar-refractivity contribution in [2.75, 3.05) is 12.0 Å². The summed E-state index contributed by atoms with van der Waals surface area (Å²) in [7, 11) is -2.98. The van der Waals surface area contributed by atoms with Crippen molar-refractivity contribution in [3.05, 3.63) is 27.6 Å². The summed E-state index contributed by atoms with van der Waals surface area (Å²) in [6.45, 7) is 2.30. The molecule has 0 unspecified atom stereocenters. The predicted molar refractivity (Wildman–Crippen MR) is 72.9 cm³/mol. The monoisotopic (exact) mass is 286 g/mol. The second-order valence-corrected chi connectivity index (χ2v) is 7.46. The van der Waals surface area contributed by atoms with Crippen molar-refractivity contribution in [1.29, 1.82) is 0 Å². The Labute approximate surface area is 109 Å². The van der Waals surface area contributed by atoms with E-state index in [0.717, 1.165) is 11.1 Å². The molecular weight excluding hydrogens is 272 g/mol. The largest absolute Gasteiger partial charge is 0.298 e. The lowest BCUT2D eigenvalue weighted by atomic mass is 10.3. The predicted octanol–water partition coefficient (Wildman–Crippen LogP) is 1.20. The normalized spacial score (nSPS) is 12.1. The molecule has 0 aliphatic carbocycles. The quantitative estimate of drug-likeness (QED) is 0.847. The van der Waals surface area contributed by atoms with Gasteiger partial charge in [0.2, 0.25) is 0 Å². The number of aromatic nitrogens is 2. The third-order valence-electron chi connectivity index (χ3n) is 2.64. The Morgan fingerprint density at radius 3 is 2.83 bits per heavy atom. The first-order valence-corrected chi connectivity index (χ1v) is 8.43. The van der Waals surface area contributed by atoms with E-state index < -0.39 is 9.84 Å². The van der Waals surface area contributed by atoms with Crippen LogP contribution in [0.3, 0.4) is 0 Å². The number of rotatable bonds is 4. The number of fused-ring (bicyclic) bond motifs is 1. The highest BCUT2D eigenvalue weighted by Gasteiger charge is 2.09. The molecule has 0 saturated carbocycles. The van der Waals surface area contributed by atoms with Crippen molar-refractivity contribution < 1.29 is 8.42 Å². The van der Waals surface area contributed by atoms with E-state index in [0.29, 0.717) is 17.7 Å². The minimum Gasteiger partial charge on any atom is -0.298 e. The van der Waals surface area contributed by atoms with Gasteiger partial charge in [0.1, 0.15) is 14.5 Å². The van der Waals surface area contributed by atoms with E-state index >= 15 is 0 Å². The molecular formula is C11H14N2O3S2. The maximum Gasteiger partial charge on any atom is 0.271 e. The van der Waals surface area contributed by atoms with Crippen LogP contribution in [0.25, 0.3) is 10.2 Å². The zero-order valence-electron chi connectivity index (χ0n) is 10.2. The Balaban J connectivity index is 2.25. The number of nitrogens with zero attached hydrogens (tertiary/aromatic N) is 2. The third-order valence-corrected chi connectivity index (χ3v) is 4.74. The van der Waals surface area contributed by atoms with Crippen LogP contribution >= 0.6 is 11.3 Å². The van der Waals surface area contributed by atoms with E-state index in [-0.39, 0.29) is 11.3 Å². The molecule has 18 heavy (non-hydrogen) atoms. The van der Waals surface area contributed by atoms with Gasteiger partial charge in [-0.15, -0.1) is 11.3 Å². The number of hydrogen-bond donors (Lipinski definition) is 0. The van der Waals surface area contributed by atoms with Crippen molar-refractivity contribution in [3.63, 3.8) is 0 Å². The summed E-state index contributed by atoms with van der Waals surface area (Å²) in [4.78, 5) is 16.3. The zero-order valence-corrected chi connectivity index (χ0v) is 11.8. The Morgan fingerprint density at radius 1 is 1.44 bits per heavy atom. The molecule has 0 aromatic carbocycles. The van der Waals surface area contributed by atoms with Gasteiger partial charge in [-0.3, -0.25) is 9.36 Å². The maximum atomic E-state index is 12.1. The molecule has 2 aromatic heterocycles. The van der Waals surface area contributed by atoms with Crippen LogP contribution in [-0.2, 0) is 16.4 Å². The summed E-state index contributed by atoms with van der Waals surface area (Å²) in [5.74, 6) is 0.0843. The average molecular weight is 286 g/mol. The van der Waals surface area contributed by atoms with Gasteiger partial charge in [-0.05, 0) is 24.3 Å². The highest BCUT2D eigenvalue weighted by molar-refractivity contribution is 7.90. The van der Waals surface area contributed by atoms with E-state index in [1.165, 1.54) is 28.5 Å². The molecule has 2 aromatic rings. The van der Waals surface area contributed by atoms with Gasteiger partial charge in [0.25, 0.3) is 5.56 Å². The Bertz CT molecular complexity index is 728. The van der Waals surface area contributed by atoms with Crippen LogP contribution in [0.4, 0.5) is 0 Å². The number of sulfone groups is 1. The van der Waals surface area contributed by atoms with Gasteiger partial charge >= 0.3 is 0 Å². The highest BCUT2D eigenvalue weighted by Crippen LogP contribution is 2.19. The minimum atomic E-state index is -2.98. The van der Waals surface area contributed by atoms with Crippen molar-refractivity contribution in [3.8, 4) is 0 Å². The number of hydrogen-bond acceptors (Lipinski definition) is 5. The van der Waals surface area contributed by atoms with E-state index in [2.05, 4.69) is 4.98 Å². The first kappa shape index (κ1) is 13.2. The fourth-order valence-electron chi connectivity index (χ4n) is 1.72. The lowest BCUT2D eigenvalue weighted by Crippen LogP contribution is -2.21. The van der Waals surface area contributed by atoms with E-state index in [9.17, 15) is 13.2 Å². The molecule has 0 aliphatic heterocycles. The van der Waals surface area contributed by atoms with Crippen molar-refractivity contribution in [2.45, 2.75) is 19.9 Å². The van der Waals surface area contributed by atoms with Gasteiger partial charge in [-0.2, -0.15) is 0 Å². The Morgan fingerprint density at radius 2 is 2.17 bits per heavy atom. The summed E-state index contributed by atoms with van der Waals surface area (Å²) in [6, 6.07) is 0. The second-order valence-electron chi connectivity index (χ2n) is 4.32. The fourth-order valence-corrected chi connectivity index (χ4v) is 3.32. The molecule has 0 saturated heterocycles. The van der Waals surface area contributed by atoms with Crippen molar-refractivity contribution >= 4 is 31.4 Å². The highest BCUT2D eigenvalue weighted by atomic mass is 32.2. The second kappa shape index (κ2) is 4.81. The molecule has 0 atom stereocenters. The molecule has 0 radical (unpaired) electrons.